The average molecular weight is 258 g/mol. The molecule has 3 heteroatoms. The molecule has 2 N–H and O–H groups in total. The Balaban J connectivity index is 2.52. The van der Waals surface area contributed by atoms with E-state index in [0.29, 0.717) is 0 Å². The molecule has 102 valence electrons. The van der Waals surface area contributed by atoms with E-state index in [0.717, 1.165) is 23.4 Å². The van der Waals surface area contributed by atoms with Crippen LogP contribution in [-0.4, -0.2) is 4.98 Å². The minimum atomic E-state index is 0.150. The average Bonchev–Trinajstić information content (AvgIpc) is 2.69. The molecule has 0 saturated carbocycles. The summed E-state index contributed by atoms with van der Waals surface area (Å²) in [5.41, 5.74) is 10.3. The van der Waals surface area contributed by atoms with Gasteiger partial charge in [0.1, 0.15) is 0 Å². The van der Waals surface area contributed by atoms with Crippen LogP contribution in [0.5, 0.6) is 0 Å². The first-order valence-electron chi connectivity index (χ1n) is 6.69. The molecule has 2 rings (SSSR count). The molecule has 19 heavy (non-hydrogen) atoms. The fourth-order valence-corrected chi connectivity index (χ4v) is 2.21. The molecular formula is C16H22N2O. The smallest absolute Gasteiger partial charge is 0.292 e. The van der Waals surface area contributed by atoms with Crippen molar-refractivity contribution in [3.05, 3.63) is 35.0 Å². The van der Waals surface area contributed by atoms with Crippen molar-refractivity contribution < 1.29 is 4.42 Å². The molecule has 0 atom stereocenters. The van der Waals surface area contributed by atoms with Crippen LogP contribution in [0, 0.1) is 6.92 Å². The van der Waals surface area contributed by atoms with Crippen molar-refractivity contribution in [2.24, 2.45) is 0 Å². The Hall–Kier alpha value is -1.77. The third-order valence-electron chi connectivity index (χ3n) is 3.39. The van der Waals surface area contributed by atoms with Crippen molar-refractivity contribution in [2.45, 2.75) is 46.5 Å². The number of hydrogen-bond acceptors (Lipinski definition) is 3. The van der Waals surface area contributed by atoms with E-state index in [4.69, 9.17) is 10.2 Å². The number of nitrogens with zero attached hydrogens (tertiary/aromatic N) is 1. The molecule has 0 bridgehead atoms. The van der Waals surface area contributed by atoms with Gasteiger partial charge in [-0.25, -0.2) is 0 Å². The molecule has 3 nitrogen and oxygen atoms in total. The second kappa shape index (κ2) is 4.72. The molecule has 0 aliphatic rings. The van der Waals surface area contributed by atoms with Crippen molar-refractivity contribution in [3.8, 4) is 11.3 Å². The number of aromatic nitrogens is 1. The lowest BCUT2D eigenvalue weighted by Crippen LogP contribution is -2.11. The third-order valence-corrected chi connectivity index (χ3v) is 3.39. The van der Waals surface area contributed by atoms with E-state index in [1.165, 1.54) is 11.1 Å². The molecule has 0 aliphatic heterocycles. The van der Waals surface area contributed by atoms with Gasteiger partial charge in [0.2, 0.25) is 0 Å². The van der Waals surface area contributed by atoms with Gasteiger partial charge in [-0.15, -0.1) is 0 Å². The standard InChI is InChI=1S/C16H22N2O/c1-6-13-14(19-15(17)18-13)12-8-7-11(9-10(12)2)16(3,4)5/h7-9H,6H2,1-5H3,(H2,17,18). The maximum atomic E-state index is 5.66. The van der Waals surface area contributed by atoms with E-state index in [9.17, 15) is 0 Å². The molecule has 2 aromatic rings. The summed E-state index contributed by atoms with van der Waals surface area (Å²) in [4.78, 5) is 4.23. The normalized spacial score (nSPS) is 11.8. The zero-order chi connectivity index (χ0) is 14.2. The number of benzene rings is 1. The molecule has 1 heterocycles. The van der Waals surface area contributed by atoms with E-state index < -0.39 is 0 Å². The van der Waals surface area contributed by atoms with Crippen LogP contribution in [0.25, 0.3) is 11.3 Å². The highest BCUT2D eigenvalue weighted by molar-refractivity contribution is 5.65. The van der Waals surface area contributed by atoms with Crippen molar-refractivity contribution in [3.63, 3.8) is 0 Å². The molecule has 0 amide bonds. The lowest BCUT2D eigenvalue weighted by atomic mass is 9.85. The second-order valence-corrected chi connectivity index (χ2v) is 5.96. The quantitative estimate of drug-likeness (QED) is 0.882. The molecule has 0 fully saturated rings. The number of anilines is 1. The van der Waals surface area contributed by atoms with Gasteiger partial charge in [-0.2, -0.15) is 4.98 Å². The van der Waals surface area contributed by atoms with Crippen molar-refractivity contribution in [2.75, 3.05) is 5.73 Å². The first-order chi connectivity index (χ1) is 8.82. The Morgan fingerprint density at radius 1 is 1.26 bits per heavy atom. The van der Waals surface area contributed by atoms with E-state index >= 15 is 0 Å². The molecule has 1 aromatic carbocycles. The second-order valence-electron chi connectivity index (χ2n) is 5.96. The molecule has 0 radical (unpaired) electrons. The Labute approximate surface area is 114 Å². The molecule has 0 aliphatic carbocycles. The van der Waals surface area contributed by atoms with Crippen LogP contribution in [0.3, 0.4) is 0 Å². The fraction of sp³-hybridized carbons (Fsp3) is 0.438. The van der Waals surface area contributed by atoms with Gasteiger partial charge in [0.05, 0.1) is 5.69 Å². The third kappa shape index (κ3) is 2.65. The Morgan fingerprint density at radius 3 is 2.47 bits per heavy atom. The summed E-state index contributed by atoms with van der Waals surface area (Å²) in [6.07, 6.45) is 0.816. The van der Waals surface area contributed by atoms with Gasteiger partial charge >= 0.3 is 0 Å². The van der Waals surface area contributed by atoms with Gasteiger partial charge < -0.3 is 10.2 Å². The molecule has 0 unspecified atom stereocenters. The SMILES string of the molecule is CCc1nc(N)oc1-c1ccc(C(C)(C)C)cc1C. The predicted octanol–water partition coefficient (Wildman–Crippen LogP) is 4.09. The first kappa shape index (κ1) is 13.7. The molecule has 0 spiro atoms. The number of oxazole rings is 1. The van der Waals surface area contributed by atoms with Gasteiger partial charge in [0.25, 0.3) is 6.01 Å². The van der Waals surface area contributed by atoms with Gasteiger partial charge in [0.15, 0.2) is 5.76 Å². The van der Waals surface area contributed by atoms with Gasteiger partial charge in [-0.1, -0.05) is 45.9 Å². The fourth-order valence-electron chi connectivity index (χ4n) is 2.21. The topological polar surface area (TPSA) is 52.0 Å². The minimum absolute atomic E-state index is 0.150. The number of aryl methyl sites for hydroxylation is 2. The number of rotatable bonds is 2. The van der Waals surface area contributed by atoms with Crippen LogP contribution in [0.4, 0.5) is 6.01 Å². The van der Waals surface area contributed by atoms with Crippen LogP contribution in [0.1, 0.15) is 44.5 Å². The van der Waals surface area contributed by atoms with E-state index in [2.05, 4.69) is 57.8 Å². The van der Waals surface area contributed by atoms with Gasteiger partial charge in [-0.05, 0) is 29.9 Å². The largest absolute Gasteiger partial charge is 0.423 e. The van der Waals surface area contributed by atoms with E-state index in [1.54, 1.807) is 0 Å². The van der Waals surface area contributed by atoms with Crippen LogP contribution < -0.4 is 5.73 Å². The summed E-state index contributed by atoms with van der Waals surface area (Å²) < 4.78 is 5.56. The van der Waals surface area contributed by atoms with Crippen molar-refractivity contribution >= 4 is 6.01 Å². The predicted molar refractivity (Wildman–Crippen MR) is 79.2 cm³/mol. The number of nitrogen functional groups attached to an aromatic ring is 1. The Morgan fingerprint density at radius 2 is 1.95 bits per heavy atom. The summed E-state index contributed by atoms with van der Waals surface area (Å²) in [6.45, 7) is 10.8. The summed E-state index contributed by atoms with van der Waals surface area (Å²) >= 11 is 0. The van der Waals surface area contributed by atoms with Crippen molar-refractivity contribution in [1.82, 2.24) is 4.98 Å². The van der Waals surface area contributed by atoms with Crippen LogP contribution in [0.15, 0.2) is 22.6 Å². The lowest BCUT2D eigenvalue weighted by molar-refractivity contribution is 0.586. The zero-order valence-corrected chi connectivity index (χ0v) is 12.4. The number of nitrogens with two attached hydrogens (primary N) is 1. The maximum absolute atomic E-state index is 5.66. The van der Waals surface area contributed by atoms with Gasteiger partial charge in [-0.3, -0.25) is 0 Å². The zero-order valence-electron chi connectivity index (χ0n) is 12.4. The highest BCUT2D eigenvalue weighted by Crippen LogP contribution is 2.32. The highest BCUT2D eigenvalue weighted by Gasteiger charge is 2.18. The molecular weight excluding hydrogens is 236 g/mol. The van der Waals surface area contributed by atoms with E-state index in [-0.39, 0.29) is 11.4 Å². The summed E-state index contributed by atoms with van der Waals surface area (Å²) in [7, 11) is 0. The maximum Gasteiger partial charge on any atom is 0.292 e. The monoisotopic (exact) mass is 258 g/mol. The van der Waals surface area contributed by atoms with E-state index in [1.807, 2.05) is 0 Å². The van der Waals surface area contributed by atoms with Crippen molar-refractivity contribution in [1.29, 1.82) is 0 Å². The highest BCUT2D eigenvalue weighted by atomic mass is 16.4. The summed E-state index contributed by atoms with van der Waals surface area (Å²) in [6, 6.07) is 6.72. The Bertz CT molecular complexity index is 591. The van der Waals surface area contributed by atoms with Crippen LogP contribution >= 0.6 is 0 Å². The molecule has 1 aromatic heterocycles. The molecule has 0 saturated heterocycles. The Kier molecular flexibility index (Phi) is 3.40. The summed E-state index contributed by atoms with van der Waals surface area (Å²) in [5, 5.41) is 0. The minimum Gasteiger partial charge on any atom is -0.423 e. The van der Waals surface area contributed by atoms with Crippen LogP contribution in [-0.2, 0) is 11.8 Å². The van der Waals surface area contributed by atoms with Gasteiger partial charge in [0, 0.05) is 5.56 Å². The summed E-state index contributed by atoms with van der Waals surface area (Å²) in [5.74, 6) is 0.804. The lowest BCUT2D eigenvalue weighted by Gasteiger charge is -2.20. The number of hydrogen-bond donors (Lipinski definition) is 1. The first-order valence-corrected chi connectivity index (χ1v) is 6.69. The van der Waals surface area contributed by atoms with Crippen LogP contribution in [0.2, 0.25) is 0 Å².